The molecule has 22 heavy (non-hydrogen) atoms. The molecule has 2 aliphatic rings. The molecule has 1 aliphatic carbocycles. The molecular weight excluding hydrogens is 280 g/mol. The van der Waals surface area contributed by atoms with Gasteiger partial charge in [-0.15, -0.1) is 0 Å². The Morgan fingerprint density at radius 2 is 1.77 bits per heavy atom. The van der Waals surface area contributed by atoms with Crippen molar-refractivity contribution in [2.24, 2.45) is 0 Å². The Kier molecular flexibility index (Phi) is 6.92. The number of carbonyl (C=O) groups is 1. The fourth-order valence-electron chi connectivity index (χ4n) is 3.06. The Morgan fingerprint density at radius 3 is 2.36 bits per heavy atom. The molecule has 2 amide bonds. The zero-order chi connectivity index (χ0) is 15.8. The smallest absolute Gasteiger partial charge is 0.314 e. The third kappa shape index (κ3) is 5.74. The Labute approximate surface area is 134 Å². The number of nitrogens with one attached hydrogen (secondary N) is 2. The van der Waals surface area contributed by atoms with E-state index in [0.717, 1.165) is 45.2 Å². The lowest BCUT2D eigenvalue weighted by molar-refractivity contribution is -0.0290. The number of amides is 2. The summed E-state index contributed by atoms with van der Waals surface area (Å²) in [5.41, 5.74) is -0.641. The highest BCUT2D eigenvalue weighted by Gasteiger charge is 2.34. The molecule has 1 saturated carbocycles. The fourth-order valence-corrected chi connectivity index (χ4v) is 3.06. The molecule has 0 aromatic rings. The highest BCUT2D eigenvalue weighted by Crippen LogP contribution is 2.30. The maximum absolute atomic E-state index is 11.6. The molecule has 1 heterocycles. The third-order valence-corrected chi connectivity index (χ3v) is 4.96. The van der Waals surface area contributed by atoms with Gasteiger partial charge in [-0.2, -0.15) is 0 Å². The van der Waals surface area contributed by atoms with E-state index in [1.165, 1.54) is 26.2 Å². The Balaban J connectivity index is 1.43. The van der Waals surface area contributed by atoms with E-state index in [2.05, 4.69) is 27.4 Å². The van der Waals surface area contributed by atoms with Crippen LogP contribution < -0.4 is 10.6 Å². The third-order valence-electron chi connectivity index (χ3n) is 4.96. The van der Waals surface area contributed by atoms with Gasteiger partial charge in [-0.25, -0.2) is 4.79 Å². The predicted molar refractivity (Wildman–Crippen MR) is 88.0 cm³/mol. The molecule has 1 saturated heterocycles. The van der Waals surface area contributed by atoms with Crippen molar-refractivity contribution in [2.45, 2.75) is 44.6 Å². The van der Waals surface area contributed by atoms with Crippen LogP contribution in [0.15, 0.2) is 0 Å². The quantitative estimate of drug-likeness (QED) is 0.575. The molecule has 0 spiro atoms. The summed E-state index contributed by atoms with van der Waals surface area (Å²) in [5.74, 6) is 0. The molecule has 0 bridgehead atoms. The minimum atomic E-state index is -0.641. The minimum absolute atomic E-state index is 0.156. The van der Waals surface area contributed by atoms with Crippen LogP contribution in [0.25, 0.3) is 0 Å². The molecule has 0 atom stereocenters. The second kappa shape index (κ2) is 8.70. The summed E-state index contributed by atoms with van der Waals surface area (Å²) >= 11 is 0. The molecule has 2 fully saturated rings. The van der Waals surface area contributed by atoms with E-state index in [1.54, 1.807) is 0 Å². The van der Waals surface area contributed by atoms with Crippen LogP contribution in [0.1, 0.15) is 39.0 Å². The van der Waals surface area contributed by atoms with E-state index in [-0.39, 0.29) is 6.03 Å². The van der Waals surface area contributed by atoms with Crippen molar-refractivity contribution in [1.29, 1.82) is 0 Å². The van der Waals surface area contributed by atoms with Crippen LogP contribution in [0.5, 0.6) is 0 Å². The molecule has 128 valence electrons. The molecular formula is C16H32N4O2. The Morgan fingerprint density at radius 1 is 1.09 bits per heavy atom. The van der Waals surface area contributed by atoms with E-state index >= 15 is 0 Å². The lowest BCUT2D eigenvalue weighted by Crippen LogP contribution is -2.50. The van der Waals surface area contributed by atoms with Gasteiger partial charge in [-0.3, -0.25) is 0 Å². The highest BCUT2D eigenvalue weighted by atomic mass is 16.3. The first-order valence-corrected chi connectivity index (χ1v) is 8.80. The lowest BCUT2D eigenvalue weighted by atomic mass is 9.80. The van der Waals surface area contributed by atoms with E-state index < -0.39 is 5.60 Å². The van der Waals surface area contributed by atoms with Crippen LogP contribution in [0.3, 0.4) is 0 Å². The van der Waals surface area contributed by atoms with Crippen molar-refractivity contribution in [1.82, 2.24) is 20.4 Å². The van der Waals surface area contributed by atoms with E-state index in [0.29, 0.717) is 13.1 Å². The first-order chi connectivity index (χ1) is 10.6. The standard InChI is InChI=1S/C16H32N4O2/c1-2-19-10-12-20(13-11-19)9-4-3-8-17-15(21)18-14-16(22)6-5-7-16/h22H,2-14H2,1H3,(H2,17,18,21). The summed E-state index contributed by atoms with van der Waals surface area (Å²) in [4.78, 5) is 16.6. The van der Waals surface area contributed by atoms with Crippen LogP contribution in [-0.2, 0) is 0 Å². The number of nitrogens with zero attached hydrogens (tertiary/aromatic N) is 2. The van der Waals surface area contributed by atoms with Crippen LogP contribution in [0.4, 0.5) is 4.79 Å². The van der Waals surface area contributed by atoms with Gasteiger partial charge in [0.15, 0.2) is 0 Å². The maximum atomic E-state index is 11.6. The Bertz CT molecular complexity index is 339. The van der Waals surface area contributed by atoms with Crippen molar-refractivity contribution in [2.75, 3.05) is 52.4 Å². The molecule has 0 aromatic heterocycles. The van der Waals surface area contributed by atoms with Crippen molar-refractivity contribution in [3.05, 3.63) is 0 Å². The molecule has 2 rings (SSSR count). The topological polar surface area (TPSA) is 67.8 Å². The number of hydrogen-bond acceptors (Lipinski definition) is 4. The fraction of sp³-hybridized carbons (Fsp3) is 0.938. The van der Waals surface area contributed by atoms with Crippen molar-refractivity contribution in [3.8, 4) is 0 Å². The van der Waals surface area contributed by atoms with Crippen molar-refractivity contribution >= 4 is 6.03 Å². The number of likely N-dealkylation sites (N-methyl/N-ethyl adjacent to an activating group) is 1. The SMILES string of the molecule is CCN1CCN(CCCCNC(=O)NCC2(O)CCC2)CC1. The monoisotopic (exact) mass is 312 g/mol. The summed E-state index contributed by atoms with van der Waals surface area (Å²) in [6.45, 7) is 10.3. The van der Waals surface area contributed by atoms with E-state index in [4.69, 9.17) is 0 Å². The number of hydrogen-bond donors (Lipinski definition) is 3. The summed E-state index contributed by atoms with van der Waals surface area (Å²) in [6.07, 6.45) is 4.80. The van der Waals surface area contributed by atoms with Gasteiger partial charge in [0.05, 0.1) is 5.60 Å². The average molecular weight is 312 g/mol. The van der Waals surface area contributed by atoms with Gasteiger partial charge in [0.25, 0.3) is 0 Å². The van der Waals surface area contributed by atoms with Crippen LogP contribution in [0, 0.1) is 0 Å². The largest absolute Gasteiger partial charge is 0.388 e. The van der Waals surface area contributed by atoms with Crippen LogP contribution in [0.2, 0.25) is 0 Å². The zero-order valence-electron chi connectivity index (χ0n) is 13.9. The second-order valence-corrected chi connectivity index (χ2v) is 6.67. The normalized spacial score (nSPS) is 22.1. The number of carbonyl (C=O) groups excluding carboxylic acids is 1. The number of unbranched alkanes of at least 4 members (excludes halogenated alkanes) is 1. The molecule has 0 aromatic carbocycles. The van der Waals surface area contributed by atoms with Crippen LogP contribution in [-0.4, -0.2) is 78.9 Å². The number of rotatable bonds is 8. The van der Waals surface area contributed by atoms with Gasteiger partial charge in [0.2, 0.25) is 0 Å². The first kappa shape index (κ1) is 17.5. The second-order valence-electron chi connectivity index (χ2n) is 6.67. The van der Waals surface area contributed by atoms with Gasteiger partial charge >= 0.3 is 6.03 Å². The Hall–Kier alpha value is -0.850. The van der Waals surface area contributed by atoms with Gasteiger partial charge in [0.1, 0.15) is 0 Å². The van der Waals surface area contributed by atoms with Crippen molar-refractivity contribution < 1.29 is 9.90 Å². The average Bonchev–Trinajstić information content (AvgIpc) is 2.51. The van der Waals surface area contributed by atoms with Gasteiger partial charge in [-0.05, 0) is 45.2 Å². The maximum Gasteiger partial charge on any atom is 0.314 e. The van der Waals surface area contributed by atoms with Crippen molar-refractivity contribution in [3.63, 3.8) is 0 Å². The van der Waals surface area contributed by atoms with Gasteiger partial charge < -0.3 is 25.5 Å². The summed E-state index contributed by atoms with van der Waals surface area (Å²) in [5, 5.41) is 15.5. The summed E-state index contributed by atoms with van der Waals surface area (Å²) in [7, 11) is 0. The zero-order valence-corrected chi connectivity index (χ0v) is 13.9. The minimum Gasteiger partial charge on any atom is -0.388 e. The molecule has 1 aliphatic heterocycles. The summed E-state index contributed by atoms with van der Waals surface area (Å²) < 4.78 is 0. The highest BCUT2D eigenvalue weighted by molar-refractivity contribution is 5.73. The first-order valence-electron chi connectivity index (χ1n) is 8.80. The molecule has 6 nitrogen and oxygen atoms in total. The molecule has 0 radical (unpaired) electrons. The summed E-state index contributed by atoms with van der Waals surface area (Å²) in [6, 6.07) is -0.156. The number of piperazine rings is 1. The number of aliphatic hydroxyl groups is 1. The van der Waals surface area contributed by atoms with Crippen LogP contribution >= 0.6 is 0 Å². The van der Waals surface area contributed by atoms with Gasteiger partial charge in [-0.1, -0.05) is 6.92 Å². The predicted octanol–water partition coefficient (Wildman–Crippen LogP) is 0.618. The molecule has 6 heteroatoms. The number of urea groups is 1. The molecule has 0 unspecified atom stereocenters. The lowest BCUT2D eigenvalue weighted by Gasteiger charge is -2.36. The molecule has 3 N–H and O–H groups in total. The van der Waals surface area contributed by atoms with Gasteiger partial charge in [0, 0.05) is 39.3 Å². The van der Waals surface area contributed by atoms with E-state index in [1.807, 2.05) is 0 Å². The van der Waals surface area contributed by atoms with E-state index in [9.17, 15) is 9.90 Å².